The van der Waals surface area contributed by atoms with E-state index >= 15 is 0 Å². The largest absolute Gasteiger partial charge is 0.476 e. The van der Waals surface area contributed by atoms with Gasteiger partial charge in [0.2, 0.25) is 5.91 Å². The molecule has 7 nitrogen and oxygen atoms in total. The topological polar surface area (TPSA) is 97.1 Å². The molecule has 0 bridgehead atoms. The van der Waals surface area contributed by atoms with Crippen LogP contribution >= 0.6 is 11.6 Å². The van der Waals surface area contributed by atoms with Crippen LogP contribution in [-0.2, 0) is 11.3 Å². The van der Waals surface area contributed by atoms with Crippen molar-refractivity contribution in [3.63, 3.8) is 0 Å². The third-order valence-electron chi connectivity index (χ3n) is 2.33. The summed E-state index contributed by atoms with van der Waals surface area (Å²) < 4.78 is 13.9. The smallest absolute Gasteiger partial charge is 0.355 e. The summed E-state index contributed by atoms with van der Waals surface area (Å²) in [5.74, 6) is -2.39. The van der Waals surface area contributed by atoms with Crippen LogP contribution in [0, 0.1) is 5.82 Å². The third-order valence-corrected chi connectivity index (χ3v) is 2.62. The number of nitrogens with zero attached hydrogens (tertiary/aromatic N) is 3. The second kappa shape index (κ2) is 5.66. The van der Waals surface area contributed by atoms with Crippen LogP contribution in [0.4, 0.5) is 10.1 Å². The lowest BCUT2D eigenvalue weighted by Crippen LogP contribution is -2.22. The molecule has 9 heteroatoms. The van der Waals surface area contributed by atoms with Crippen molar-refractivity contribution in [3.05, 3.63) is 40.9 Å². The van der Waals surface area contributed by atoms with Gasteiger partial charge < -0.3 is 10.4 Å². The Morgan fingerprint density at radius 1 is 1.45 bits per heavy atom. The maximum Gasteiger partial charge on any atom is 0.355 e. The Morgan fingerprint density at radius 2 is 2.20 bits per heavy atom. The summed E-state index contributed by atoms with van der Waals surface area (Å²) in [6.45, 7) is -0.337. The molecule has 2 N–H and O–H groups in total. The normalized spacial score (nSPS) is 10.3. The van der Waals surface area contributed by atoms with Crippen molar-refractivity contribution < 1.29 is 19.1 Å². The quantitative estimate of drug-likeness (QED) is 0.889. The second-order valence-corrected chi connectivity index (χ2v) is 4.17. The average Bonchev–Trinajstić information content (AvgIpc) is 2.82. The Morgan fingerprint density at radius 3 is 2.85 bits per heavy atom. The first kappa shape index (κ1) is 13.9. The number of benzene rings is 1. The van der Waals surface area contributed by atoms with Gasteiger partial charge in [-0.1, -0.05) is 16.8 Å². The molecule has 0 saturated heterocycles. The van der Waals surface area contributed by atoms with Gasteiger partial charge in [0.15, 0.2) is 5.69 Å². The zero-order valence-corrected chi connectivity index (χ0v) is 10.6. The summed E-state index contributed by atoms with van der Waals surface area (Å²) in [6, 6.07) is 3.68. The molecule has 0 aliphatic carbocycles. The van der Waals surface area contributed by atoms with Gasteiger partial charge in [-0.25, -0.2) is 13.9 Å². The van der Waals surface area contributed by atoms with Crippen LogP contribution in [0.2, 0.25) is 5.02 Å². The van der Waals surface area contributed by atoms with Crippen LogP contribution in [-0.4, -0.2) is 32.0 Å². The number of carboxylic acids is 1. The van der Waals surface area contributed by atoms with Gasteiger partial charge in [-0.2, -0.15) is 0 Å². The summed E-state index contributed by atoms with van der Waals surface area (Å²) in [7, 11) is 0. The first-order valence-corrected chi connectivity index (χ1v) is 5.72. The molecule has 0 fully saturated rings. The van der Waals surface area contributed by atoms with Crippen LogP contribution in [0.15, 0.2) is 24.4 Å². The van der Waals surface area contributed by atoms with Crippen molar-refractivity contribution in [1.29, 1.82) is 0 Å². The summed E-state index contributed by atoms with van der Waals surface area (Å²) in [6.07, 6.45) is 1.03. The highest BCUT2D eigenvalue weighted by molar-refractivity contribution is 6.31. The number of carbonyl (C=O) groups is 2. The van der Waals surface area contributed by atoms with E-state index in [1.807, 2.05) is 0 Å². The number of anilines is 1. The maximum atomic E-state index is 13.0. The van der Waals surface area contributed by atoms with Crippen LogP contribution in [0.25, 0.3) is 0 Å². The minimum Gasteiger partial charge on any atom is -0.476 e. The van der Waals surface area contributed by atoms with Gasteiger partial charge in [-0.3, -0.25) is 4.79 Å². The van der Waals surface area contributed by atoms with Crippen molar-refractivity contribution in [1.82, 2.24) is 15.0 Å². The zero-order chi connectivity index (χ0) is 14.7. The lowest BCUT2D eigenvalue weighted by Gasteiger charge is -2.06. The van der Waals surface area contributed by atoms with E-state index in [2.05, 4.69) is 15.6 Å². The molecule has 1 heterocycles. The Hall–Kier alpha value is -2.48. The number of aromatic carboxylic acids is 1. The molecule has 0 spiro atoms. The number of hydrogen-bond acceptors (Lipinski definition) is 4. The summed E-state index contributed by atoms with van der Waals surface area (Å²) in [5.41, 5.74) is 0.0793. The molecule has 2 aromatic rings. The van der Waals surface area contributed by atoms with Crippen molar-refractivity contribution in [2.45, 2.75) is 6.54 Å². The number of carboxylic acid groups (broad SMARTS) is 1. The maximum absolute atomic E-state index is 13.0. The van der Waals surface area contributed by atoms with Crippen molar-refractivity contribution in [2.75, 3.05) is 5.32 Å². The van der Waals surface area contributed by atoms with E-state index in [9.17, 15) is 14.0 Å². The fourth-order valence-corrected chi connectivity index (χ4v) is 1.63. The predicted molar refractivity (Wildman–Crippen MR) is 67.0 cm³/mol. The van der Waals surface area contributed by atoms with Crippen molar-refractivity contribution in [3.8, 4) is 0 Å². The molecule has 0 aliphatic heterocycles. The van der Waals surface area contributed by atoms with E-state index < -0.39 is 17.7 Å². The minimum atomic E-state index is -1.24. The van der Waals surface area contributed by atoms with E-state index in [1.165, 1.54) is 12.1 Å². The van der Waals surface area contributed by atoms with Crippen LogP contribution in [0.5, 0.6) is 0 Å². The number of carbonyl (C=O) groups excluding carboxylic acids is 1. The highest BCUT2D eigenvalue weighted by Gasteiger charge is 2.14. The Kier molecular flexibility index (Phi) is 3.94. The molecule has 1 amide bonds. The molecule has 0 aliphatic rings. The van der Waals surface area contributed by atoms with Crippen LogP contribution in [0.3, 0.4) is 0 Å². The predicted octanol–water partition coefficient (Wildman–Crippen LogP) is 1.41. The van der Waals surface area contributed by atoms with E-state index in [-0.39, 0.29) is 17.3 Å². The Labute approximate surface area is 117 Å². The average molecular weight is 299 g/mol. The van der Waals surface area contributed by atoms with E-state index in [0.29, 0.717) is 5.69 Å². The molecule has 2 rings (SSSR count). The van der Waals surface area contributed by atoms with E-state index in [1.54, 1.807) is 0 Å². The monoisotopic (exact) mass is 298 g/mol. The number of aromatic nitrogens is 3. The molecule has 0 saturated carbocycles. The number of hydrogen-bond donors (Lipinski definition) is 2. The van der Waals surface area contributed by atoms with Crippen molar-refractivity contribution in [2.24, 2.45) is 0 Å². The van der Waals surface area contributed by atoms with Gasteiger partial charge in [0.1, 0.15) is 12.4 Å². The molecular weight excluding hydrogens is 291 g/mol. The molecule has 0 radical (unpaired) electrons. The number of rotatable bonds is 4. The fourth-order valence-electron chi connectivity index (χ4n) is 1.45. The summed E-state index contributed by atoms with van der Waals surface area (Å²) >= 11 is 5.58. The van der Waals surface area contributed by atoms with E-state index in [4.69, 9.17) is 16.7 Å². The molecule has 1 aromatic heterocycles. The SMILES string of the molecule is O=C(Cn1nncc1C(=O)O)Nc1ccc(F)c(Cl)c1. The lowest BCUT2D eigenvalue weighted by atomic mass is 10.3. The summed E-state index contributed by atoms with van der Waals surface area (Å²) in [5, 5.41) is 18.0. The third kappa shape index (κ3) is 3.09. The molecule has 0 unspecified atom stereocenters. The minimum absolute atomic E-state index is 0.130. The standard InChI is InChI=1S/C11H8ClFN4O3/c12-7-3-6(1-2-8(7)13)15-10(18)5-17-9(11(19)20)4-14-16-17/h1-4H,5H2,(H,15,18)(H,19,20). The van der Waals surface area contributed by atoms with Gasteiger partial charge in [0, 0.05) is 5.69 Å². The molecule has 20 heavy (non-hydrogen) atoms. The van der Waals surface area contributed by atoms with Gasteiger partial charge >= 0.3 is 5.97 Å². The van der Waals surface area contributed by atoms with Crippen LogP contribution in [0.1, 0.15) is 10.5 Å². The fraction of sp³-hybridized carbons (Fsp3) is 0.0909. The Bertz CT molecular complexity index is 673. The highest BCUT2D eigenvalue weighted by Crippen LogP contribution is 2.19. The molecule has 104 valence electrons. The summed E-state index contributed by atoms with van der Waals surface area (Å²) in [4.78, 5) is 22.5. The Balaban J connectivity index is 2.07. The van der Waals surface area contributed by atoms with Gasteiger partial charge in [-0.05, 0) is 18.2 Å². The zero-order valence-electron chi connectivity index (χ0n) is 9.88. The van der Waals surface area contributed by atoms with Gasteiger partial charge in [0.25, 0.3) is 0 Å². The molecular formula is C11H8ClFN4O3. The molecule has 1 aromatic carbocycles. The lowest BCUT2D eigenvalue weighted by molar-refractivity contribution is -0.116. The van der Waals surface area contributed by atoms with Crippen molar-refractivity contribution >= 4 is 29.2 Å². The second-order valence-electron chi connectivity index (χ2n) is 3.76. The molecule has 0 atom stereocenters. The van der Waals surface area contributed by atoms with Gasteiger partial charge in [-0.15, -0.1) is 5.10 Å². The first-order chi connectivity index (χ1) is 9.47. The van der Waals surface area contributed by atoms with Gasteiger partial charge in [0.05, 0.1) is 11.2 Å². The number of amides is 1. The van der Waals surface area contributed by atoms with E-state index in [0.717, 1.165) is 16.9 Å². The van der Waals surface area contributed by atoms with Crippen LogP contribution < -0.4 is 5.32 Å². The number of nitrogens with one attached hydrogen (secondary N) is 1. The highest BCUT2D eigenvalue weighted by atomic mass is 35.5. The first-order valence-electron chi connectivity index (χ1n) is 5.34. The number of halogens is 2.